The van der Waals surface area contributed by atoms with Crippen molar-refractivity contribution in [2.24, 2.45) is 5.92 Å². The molecule has 0 amide bonds. The Balaban J connectivity index is 2.98. The summed E-state index contributed by atoms with van der Waals surface area (Å²) in [4.78, 5) is 2.03. The molecular weight excluding hydrogens is 205 g/mol. The molecule has 1 unspecified atom stereocenters. The van der Waals surface area contributed by atoms with Gasteiger partial charge in [-0.25, -0.2) is 4.39 Å². The zero-order chi connectivity index (χ0) is 12.3. The normalized spacial score (nSPS) is 12.9. The third-order valence-electron chi connectivity index (χ3n) is 3.11. The van der Waals surface area contributed by atoms with Crippen molar-refractivity contribution in [1.29, 1.82) is 0 Å². The Bertz CT molecular complexity index is 352. The SMILES string of the molecule is CC(C)C(C)N(C)c1cc(F)cc(CO)c1. The Labute approximate surface area is 96.7 Å². The summed E-state index contributed by atoms with van der Waals surface area (Å²) in [6.07, 6.45) is 0. The summed E-state index contributed by atoms with van der Waals surface area (Å²) in [5.74, 6) is 0.190. The molecule has 0 saturated carbocycles. The largest absolute Gasteiger partial charge is 0.392 e. The van der Waals surface area contributed by atoms with Gasteiger partial charge in [0.2, 0.25) is 0 Å². The highest BCUT2D eigenvalue weighted by Gasteiger charge is 2.14. The van der Waals surface area contributed by atoms with Crippen molar-refractivity contribution < 1.29 is 9.50 Å². The Morgan fingerprint density at radius 2 is 1.88 bits per heavy atom. The highest BCUT2D eigenvalue weighted by Crippen LogP contribution is 2.22. The molecule has 0 spiro atoms. The average molecular weight is 225 g/mol. The van der Waals surface area contributed by atoms with Crippen LogP contribution < -0.4 is 4.90 Å². The minimum Gasteiger partial charge on any atom is -0.392 e. The molecule has 0 heterocycles. The van der Waals surface area contributed by atoms with Crippen LogP contribution in [-0.2, 0) is 6.61 Å². The summed E-state index contributed by atoms with van der Waals surface area (Å²) in [5.41, 5.74) is 1.42. The molecule has 0 aliphatic carbocycles. The van der Waals surface area contributed by atoms with Gasteiger partial charge < -0.3 is 10.0 Å². The molecule has 0 aromatic heterocycles. The van der Waals surface area contributed by atoms with Crippen LogP contribution >= 0.6 is 0 Å². The van der Waals surface area contributed by atoms with Crippen molar-refractivity contribution in [3.05, 3.63) is 29.6 Å². The summed E-state index contributed by atoms with van der Waals surface area (Å²) >= 11 is 0. The molecule has 90 valence electrons. The highest BCUT2D eigenvalue weighted by molar-refractivity contribution is 5.49. The Hall–Kier alpha value is -1.09. The first kappa shape index (κ1) is 13.0. The first-order chi connectivity index (χ1) is 7.45. The second-order valence-electron chi connectivity index (χ2n) is 4.57. The van der Waals surface area contributed by atoms with Gasteiger partial charge in [-0.05, 0) is 36.6 Å². The predicted octanol–water partition coefficient (Wildman–Crippen LogP) is 2.80. The van der Waals surface area contributed by atoms with Gasteiger partial charge in [0.1, 0.15) is 5.82 Å². The first-order valence-electron chi connectivity index (χ1n) is 5.59. The zero-order valence-corrected chi connectivity index (χ0v) is 10.4. The number of anilines is 1. The van der Waals surface area contributed by atoms with Crippen LogP contribution in [0.5, 0.6) is 0 Å². The van der Waals surface area contributed by atoms with Crippen LogP contribution in [0, 0.1) is 11.7 Å². The second-order valence-corrected chi connectivity index (χ2v) is 4.57. The van der Waals surface area contributed by atoms with E-state index in [1.807, 2.05) is 18.0 Å². The lowest BCUT2D eigenvalue weighted by molar-refractivity contribution is 0.281. The molecule has 1 aromatic rings. The van der Waals surface area contributed by atoms with Crippen LogP contribution in [0.1, 0.15) is 26.3 Å². The van der Waals surface area contributed by atoms with Crippen molar-refractivity contribution >= 4 is 5.69 Å². The molecule has 0 aliphatic heterocycles. The van der Waals surface area contributed by atoms with E-state index in [1.165, 1.54) is 12.1 Å². The van der Waals surface area contributed by atoms with E-state index < -0.39 is 0 Å². The van der Waals surface area contributed by atoms with Gasteiger partial charge in [0, 0.05) is 18.8 Å². The Morgan fingerprint density at radius 1 is 1.25 bits per heavy atom. The molecule has 1 N–H and O–H groups in total. The summed E-state index contributed by atoms with van der Waals surface area (Å²) < 4.78 is 13.3. The topological polar surface area (TPSA) is 23.5 Å². The molecule has 0 bridgehead atoms. The summed E-state index contributed by atoms with van der Waals surface area (Å²) in [6, 6.07) is 5.01. The standard InChI is InChI=1S/C13H20FNO/c1-9(2)10(3)15(4)13-6-11(8-16)5-12(14)7-13/h5-7,9-10,16H,8H2,1-4H3. The molecule has 1 rings (SSSR count). The fraction of sp³-hybridized carbons (Fsp3) is 0.538. The fourth-order valence-corrected chi connectivity index (χ4v) is 1.61. The van der Waals surface area contributed by atoms with Crippen LogP contribution in [0.25, 0.3) is 0 Å². The molecule has 16 heavy (non-hydrogen) atoms. The highest BCUT2D eigenvalue weighted by atomic mass is 19.1. The van der Waals surface area contributed by atoms with Gasteiger partial charge in [0.15, 0.2) is 0 Å². The van der Waals surface area contributed by atoms with E-state index >= 15 is 0 Å². The number of hydrogen-bond acceptors (Lipinski definition) is 2. The second kappa shape index (κ2) is 5.30. The Kier molecular flexibility index (Phi) is 4.30. The number of aliphatic hydroxyl groups is 1. The van der Waals surface area contributed by atoms with Gasteiger partial charge >= 0.3 is 0 Å². The molecule has 3 heteroatoms. The van der Waals surface area contributed by atoms with Crippen molar-refractivity contribution in [2.45, 2.75) is 33.4 Å². The molecule has 0 fully saturated rings. The van der Waals surface area contributed by atoms with Crippen LogP contribution in [-0.4, -0.2) is 18.2 Å². The number of aliphatic hydroxyl groups excluding tert-OH is 1. The lowest BCUT2D eigenvalue weighted by Gasteiger charge is -2.30. The average Bonchev–Trinajstić information content (AvgIpc) is 2.25. The van der Waals surface area contributed by atoms with E-state index in [-0.39, 0.29) is 12.4 Å². The van der Waals surface area contributed by atoms with Gasteiger partial charge in [-0.15, -0.1) is 0 Å². The van der Waals surface area contributed by atoms with E-state index in [0.29, 0.717) is 17.5 Å². The molecule has 0 aliphatic rings. The van der Waals surface area contributed by atoms with Crippen LogP contribution in [0.4, 0.5) is 10.1 Å². The quantitative estimate of drug-likeness (QED) is 0.851. The maximum Gasteiger partial charge on any atom is 0.125 e. The molecule has 0 saturated heterocycles. The van der Waals surface area contributed by atoms with Gasteiger partial charge in [0.25, 0.3) is 0 Å². The van der Waals surface area contributed by atoms with Crippen molar-refractivity contribution in [3.63, 3.8) is 0 Å². The number of nitrogens with zero attached hydrogens (tertiary/aromatic N) is 1. The van der Waals surface area contributed by atoms with Crippen molar-refractivity contribution in [2.75, 3.05) is 11.9 Å². The minimum absolute atomic E-state index is 0.130. The van der Waals surface area contributed by atoms with E-state index in [4.69, 9.17) is 5.11 Å². The van der Waals surface area contributed by atoms with Crippen LogP contribution in [0.2, 0.25) is 0 Å². The van der Waals surface area contributed by atoms with Gasteiger partial charge in [-0.3, -0.25) is 0 Å². The number of halogens is 1. The predicted molar refractivity (Wildman–Crippen MR) is 65.0 cm³/mol. The van der Waals surface area contributed by atoms with Gasteiger partial charge in [-0.1, -0.05) is 13.8 Å². The first-order valence-corrected chi connectivity index (χ1v) is 5.59. The zero-order valence-electron chi connectivity index (χ0n) is 10.4. The lowest BCUT2D eigenvalue weighted by atomic mass is 10.0. The number of hydrogen-bond donors (Lipinski definition) is 1. The molecule has 1 aromatic carbocycles. The number of benzene rings is 1. The molecule has 2 nitrogen and oxygen atoms in total. The third-order valence-corrected chi connectivity index (χ3v) is 3.11. The van der Waals surface area contributed by atoms with Crippen molar-refractivity contribution in [3.8, 4) is 0 Å². The Morgan fingerprint density at radius 3 is 2.38 bits per heavy atom. The van der Waals surface area contributed by atoms with Crippen molar-refractivity contribution in [1.82, 2.24) is 0 Å². The van der Waals surface area contributed by atoms with Gasteiger partial charge in [0.05, 0.1) is 6.61 Å². The van der Waals surface area contributed by atoms with E-state index in [9.17, 15) is 4.39 Å². The maximum absolute atomic E-state index is 13.3. The van der Waals surface area contributed by atoms with E-state index in [2.05, 4.69) is 20.8 Å². The monoisotopic (exact) mass is 225 g/mol. The smallest absolute Gasteiger partial charge is 0.125 e. The molecule has 1 atom stereocenters. The van der Waals surface area contributed by atoms with E-state index in [1.54, 1.807) is 0 Å². The maximum atomic E-state index is 13.3. The lowest BCUT2D eigenvalue weighted by Crippen LogP contribution is -2.33. The minimum atomic E-state index is -0.302. The van der Waals surface area contributed by atoms with Gasteiger partial charge in [-0.2, -0.15) is 0 Å². The summed E-state index contributed by atoms with van der Waals surface area (Å²) in [7, 11) is 1.95. The molecular formula is C13H20FNO. The molecule has 0 radical (unpaired) electrons. The van der Waals surface area contributed by atoms with E-state index in [0.717, 1.165) is 5.69 Å². The summed E-state index contributed by atoms with van der Waals surface area (Å²) in [6.45, 7) is 6.24. The van der Waals surface area contributed by atoms with Crippen LogP contribution in [0.3, 0.4) is 0 Å². The number of rotatable bonds is 4. The summed E-state index contributed by atoms with van der Waals surface area (Å²) in [5, 5.41) is 9.03. The third kappa shape index (κ3) is 2.95. The van der Waals surface area contributed by atoms with Crippen LogP contribution in [0.15, 0.2) is 18.2 Å². The fourth-order valence-electron chi connectivity index (χ4n) is 1.61.